The van der Waals surface area contributed by atoms with Crippen LogP contribution >= 0.6 is 23.5 Å². The molecule has 1 unspecified atom stereocenters. The summed E-state index contributed by atoms with van der Waals surface area (Å²) in [6.07, 6.45) is 1.56. The van der Waals surface area contributed by atoms with Crippen molar-refractivity contribution in [3.63, 3.8) is 0 Å². The van der Waals surface area contributed by atoms with E-state index >= 15 is 0 Å². The maximum absolute atomic E-state index is 12.1. The number of rotatable bonds is 2. The number of hydrogen-bond donors (Lipinski definition) is 0. The van der Waals surface area contributed by atoms with Gasteiger partial charge in [-0.3, -0.25) is 4.79 Å². The van der Waals surface area contributed by atoms with Gasteiger partial charge in [-0.2, -0.15) is 5.10 Å². The number of fused-ring (bicyclic) bond motifs is 1. The highest BCUT2D eigenvalue weighted by Crippen LogP contribution is 2.30. The van der Waals surface area contributed by atoms with Crippen LogP contribution in [0, 0.1) is 0 Å². The molecule has 0 saturated heterocycles. The average Bonchev–Trinajstić information content (AvgIpc) is 2.87. The topological polar surface area (TPSA) is 47.8 Å². The summed E-state index contributed by atoms with van der Waals surface area (Å²) >= 11 is 3.05. The molecule has 6 heteroatoms. The first-order valence-electron chi connectivity index (χ1n) is 5.59. The van der Waals surface area contributed by atoms with Crippen LogP contribution in [0.3, 0.4) is 0 Å². The summed E-state index contributed by atoms with van der Waals surface area (Å²) in [5, 5.41) is 5.48. The van der Waals surface area contributed by atoms with Gasteiger partial charge in [0.05, 0.1) is 6.54 Å². The minimum absolute atomic E-state index is 0.129. The Bertz CT molecular complexity index is 555. The van der Waals surface area contributed by atoms with Crippen molar-refractivity contribution in [3.05, 3.63) is 42.2 Å². The van der Waals surface area contributed by atoms with Crippen LogP contribution in [0.5, 0.6) is 0 Å². The fraction of sp³-hybridized carbons (Fsp3) is 0.250. The normalized spacial score (nSPS) is 18.3. The fourth-order valence-electron chi connectivity index (χ4n) is 1.77. The first kappa shape index (κ1) is 11.8. The molecule has 0 spiro atoms. The summed E-state index contributed by atoms with van der Waals surface area (Å²) in [6.45, 7) is 0.756. The highest BCUT2D eigenvalue weighted by atomic mass is 32.2. The summed E-state index contributed by atoms with van der Waals surface area (Å²) in [6, 6.07) is 9.40. The van der Waals surface area contributed by atoms with Gasteiger partial charge in [-0.15, -0.1) is 0 Å². The minimum atomic E-state index is 0.129. The van der Waals surface area contributed by atoms with Crippen LogP contribution in [0.4, 0.5) is 0 Å². The molecule has 3 rings (SSSR count). The molecule has 4 nitrogen and oxygen atoms in total. The second kappa shape index (κ2) is 5.16. The molecule has 1 aliphatic rings. The van der Waals surface area contributed by atoms with Crippen LogP contribution in [0.15, 0.2) is 41.8 Å². The van der Waals surface area contributed by atoms with Gasteiger partial charge < -0.3 is 0 Å². The minimum Gasteiger partial charge on any atom is -0.282 e. The Labute approximate surface area is 113 Å². The van der Waals surface area contributed by atoms with Crippen molar-refractivity contribution < 1.29 is 4.79 Å². The van der Waals surface area contributed by atoms with Gasteiger partial charge in [-0.05, 0) is 0 Å². The quantitative estimate of drug-likeness (QED) is 0.843. The van der Waals surface area contributed by atoms with E-state index < -0.39 is 0 Å². The molecule has 1 atom stereocenters. The van der Waals surface area contributed by atoms with Crippen molar-refractivity contribution in [2.24, 2.45) is 0 Å². The van der Waals surface area contributed by atoms with Gasteiger partial charge >= 0.3 is 0 Å². The molecule has 0 bridgehead atoms. The van der Waals surface area contributed by atoms with Gasteiger partial charge in [0, 0.05) is 16.6 Å². The molecule has 0 N–H and O–H groups in total. The van der Waals surface area contributed by atoms with E-state index in [0.717, 1.165) is 23.0 Å². The molecular formula is C12H11N3OS2. The summed E-state index contributed by atoms with van der Waals surface area (Å²) in [5.74, 6) is 0.905. The Balaban J connectivity index is 1.67. The van der Waals surface area contributed by atoms with Crippen molar-refractivity contribution in [2.75, 3.05) is 5.75 Å². The molecule has 0 amide bonds. The second-order valence-electron chi connectivity index (χ2n) is 3.93. The summed E-state index contributed by atoms with van der Waals surface area (Å²) in [4.78, 5) is 16.2. The van der Waals surface area contributed by atoms with E-state index in [9.17, 15) is 4.79 Å². The Hall–Kier alpha value is -1.27. The van der Waals surface area contributed by atoms with Gasteiger partial charge in [0.2, 0.25) is 5.12 Å². The van der Waals surface area contributed by atoms with E-state index in [2.05, 4.69) is 10.1 Å². The third-order valence-electron chi connectivity index (χ3n) is 2.64. The molecule has 1 aromatic carbocycles. The number of nitrogens with zero attached hydrogens (tertiary/aromatic N) is 3. The first-order chi connectivity index (χ1) is 8.83. The smallest absolute Gasteiger partial charge is 0.219 e. The number of carbonyl (C=O) groups is 1. The van der Waals surface area contributed by atoms with Gasteiger partial charge in [-0.25, -0.2) is 9.67 Å². The molecule has 18 heavy (non-hydrogen) atoms. The Morgan fingerprint density at radius 2 is 2.22 bits per heavy atom. The Morgan fingerprint density at radius 1 is 1.39 bits per heavy atom. The maximum atomic E-state index is 12.1. The van der Waals surface area contributed by atoms with E-state index in [-0.39, 0.29) is 10.4 Å². The molecular weight excluding hydrogens is 266 g/mol. The predicted molar refractivity (Wildman–Crippen MR) is 72.9 cm³/mol. The van der Waals surface area contributed by atoms with Crippen molar-refractivity contribution in [3.8, 4) is 0 Å². The van der Waals surface area contributed by atoms with Crippen LogP contribution in [0.25, 0.3) is 0 Å². The fourth-order valence-corrected chi connectivity index (χ4v) is 3.87. The zero-order valence-corrected chi connectivity index (χ0v) is 11.2. The van der Waals surface area contributed by atoms with E-state index in [1.54, 1.807) is 18.1 Å². The Kier molecular flexibility index (Phi) is 3.38. The lowest BCUT2D eigenvalue weighted by Crippen LogP contribution is -2.23. The number of carbonyl (C=O) groups excluding carboxylic acids is 1. The largest absolute Gasteiger partial charge is 0.282 e. The lowest BCUT2D eigenvalue weighted by atomic mass is 10.2. The Morgan fingerprint density at radius 3 is 3.06 bits per heavy atom. The summed E-state index contributed by atoms with van der Waals surface area (Å²) in [5.41, 5.74) is 0.761. The standard InChI is InChI=1S/C12H11N3OS2/c16-11(9-4-2-1-3-5-9)18-10-6-15-12(17-7-10)13-8-14-15/h1-5,8,10H,6-7H2. The molecule has 2 heterocycles. The number of thioether (sulfide) groups is 2. The third-order valence-corrected chi connectivity index (χ3v) is 5.09. The maximum Gasteiger partial charge on any atom is 0.219 e. The zero-order valence-electron chi connectivity index (χ0n) is 9.52. The second-order valence-corrected chi connectivity index (χ2v) is 6.19. The highest BCUT2D eigenvalue weighted by Gasteiger charge is 2.23. The number of benzene rings is 1. The van der Waals surface area contributed by atoms with Crippen molar-refractivity contribution >= 4 is 28.6 Å². The first-order valence-corrected chi connectivity index (χ1v) is 7.46. The number of aromatic nitrogens is 3. The average molecular weight is 277 g/mol. The van der Waals surface area contributed by atoms with Gasteiger partial charge in [0.25, 0.3) is 0 Å². The third kappa shape index (κ3) is 2.44. The van der Waals surface area contributed by atoms with Crippen molar-refractivity contribution in [1.82, 2.24) is 14.8 Å². The molecule has 92 valence electrons. The van der Waals surface area contributed by atoms with E-state index in [4.69, 9.17) is 0 Å². The van der Waals surface area contributed by atoms with Crippen LogP contribution < -0.4 is 0 Å². The van der Waals surface area contributed by atoms with Gasteiger partial charge in [-0.1, -0.05) is 53.9 Å². The van der Waals surface area contributed by atoms with Crippen molar-refractivity contribution in [2.45, 2.75) is 17.0 Å². The van der Waals surface area contributed by atoms with Crippen LogP contribution in [-0.4, -0.2) is 30.9 Å². The van der Waals surface area contributed by atoms with Gasteiger partial charge in [0.15, 0.2) is 5.16 Å². The zero-order chi connectivity index (χ0) is 12.4. The summed E-state index contributed by atoms with van der Waals surface area (Å²) < 4.78 is 1.87. The molecule has 0 fully saturated rings. The monoisotopic (exact) mass is 277 g/mol. The van der Waals surface area contributed by atoms with Crippen LogP contribution in [0.1, 0.15) is 10.4 Å². The lowest BCUT2D eigenvalue weighted by molar-refractivity contribution is 0.108. The molecule has 0 saturated carbocycles. The number of hydrogen-bond acceptors (Lipinski definition) is 5. The van der Waals surface area contributed by atoms with E-state index in [1.165, 1.54) is 11.8 Å². The van der Waals surface area contributed by atoms with Crippen molar-refractivity contribution in [1.29, 1.82) is 0 Å². The molecule has 1 aliphatic heterocycles. The van der Waals surface area contributed by atoms with Crippen LogP contribution in [-0.2, 0) is 6.54 Å². The van der Waals surface area contributed by atoms with E-state index in [0.29, 0.717) is 0 Å². The molecule has 0 aliphatic carbocycles. The lowest BCUT2D eigenvalue weighted by Gasteiger charge is -2.20. The SMILES string of the molecule is O=C(SC1CSc2ncnn2C1)c1ccccc1. The molecule has 0 radical (unpaired) electrons. The highest BCUT2D eigenvalue weighted by molar-refractivity contribution is 8.15. The molecule has 1 aromatic heterocycles. The summed E-state index contributed by atoms with van der Waals surface area (Å²) in [7, 11) is 0. The molecule has 2 aromatic rings. The van der Waals surface area contributed by atoms with Gasteiger partial charge in [0.1, 0.15) is 6.33 Å². The predicted octanol–water partition coefficient (Wildman–Crippen LogP) is 2.33. The van der Waals surface area contributed by atoms with Crippen LogP contribution in [0.2, 0.25) is 0 Å². The van der Waals surface area contributed by atoms with E-state index in [1.807, 2.05) is 35.0 Å².